The number of aromatic hydroxyl groups is 1. The normalized spacial score (nSPS) is 10.3. The van der Waals surface area contributed by atoms with Crippen molar-refractivity contribution < 1.29 is 14.7 Å². The number of aryl methyl sites for hydroxylation is 2. The van der Waals surface area contributed by atoms with E-state index in [1.165, 1.54) is 6.07 Å². The van der Waals surface area contributed by atoms with Crippen molar-refractivity contribution in [2.24, 2.45) is 0 Å². The summed E-state index contributed by atoms with van der Waals surface area (Å²) in [5.41, 5.74) is 3.00. The minimum Gasteiger partial charge on any atom is -0.506 e. The lowest BCUT2D eigenvalue weighted by Crippen LogP contribution is -2.13. The van der Waals surface area contributed by atoms with Gasteiger partial charge < -0.3 is 10.4 Å². The number of carbonyl (C=O) groups excluding carboxylic acids is 2. The molecule has 2 aromatic carbocycles. The molecular weight excluding hydrogens is 278 g/mol. The van der Waals surface area contributed by atoms with Gasteiger partial charge >= 0.3 is 0 Å². The number of ketones is 1. The fourth-order valence-corrected chi connectivity index (χ4v) is 2.07. The minimum absolute atomic E-state index is 0.0174. The van der Waals surface area contributed by atoms with Crippen molar-refractivity contribution in [3.05, 3.63) is 59.2 Å². The molecule has 0 fully saturated rings. The van der Waals surface area contributed by atoms with Crippen molar-refractivity contribution in [2.75, 3.05) is 5.32 Å². The van der Waals surface area contributed by atoms with E-state index in [1.54, 1.807) is 24.3 Å². The predicted octanol–water partition coefficient (Wildman–Crippen LogP) is 3.61. The van der Waals surface area contributed by atoms with Gasteiger partial charge in [0, 0.05) is 18.4 Å². The second-order valence-corrected chi connectivity index (χ2v) is 5.36. The SMILES string of the molecule is Cc1ccc(C(=O)CCC(=O)Nc2cc(C)ccc2O)cc1. The second-order valence-electron chi connectivity index (χ2n) is 5.36. The van der Waals surface area contributed by atoms with Crippen LogP contribution in [0.3, 0.4) is 0 Å². The van der Waals surface area contributed by atoms with Gasteiger partial charge in [-0.3, -0.25) is 9.59 Å². The summed E-state index contributed by atoms with van der Waals surface area (Å²) in [5, 5.41) is 12.3. The van der Waals surface area contributed by atoms with Crippen LogP contribution in [0.5, 0.6) is 5.75 Å². The molecule has 2 N–H and O–H groups in total. The van der Waals surface area contributed by atoms with Crippen LogP contribution < -0.4 is 5.32 Å². The lowest BCUT2D eigenvalue weighted by atomic mass is 10.0. The summed E-state index contributed by atoms with van der Waals surface area (Å²) in [7, 11) is 0. The van der Waals surface area contributed by atoms with Gasteiger partial charge in [-0.15, -0.1) is 0 Å². The highest BCUT2D eigenvalue weighted by Gasteiger charge is 2.11. The topological polar surface area (TPSA) is 66.4 Å². The molecule has 0 saturated heterocycles. The Morgan fingerprint density at radius 1 is 0.955 bits per heavy atom. The average Bonchev–Trinajstić information content (AvgIpc) is 2.49. The van der Waals surface area contributed by atoms with E-state index in [2.05, 4.69) is 5.32 Å². The summed E-state index contributed by atoms with van der Waals surface area (Å²) in [6.07, 6.45) is 0.224. The molecule has 0 atom stereocenters. The van der Waals surface area contributed by atoms with E-state index >= 15 is 0 Å². The van der Waals surface area contributed by atoms with Gasteiger partial charge in [0.1, 0.15) is 5.75 Å². The number of amides is 1. The summed E-state index contributed by atoms with van der Waals surface area (Å²) in [6, 6.07) is 12.3. The first kappa shape index (κ1) is 15.8. The summed E-state index contributed by atoms with van der Waals surface area (Å²) in [6.45, 7) is 3.83. The molecule has 0 aromatic heterocycles. The van der Waals surface area contributed by atoms with E-state index in [4.69, 9.17) is 0 Å². The molecule has 0 heterocycles. The molecule has 2 aromatic rings. The molecule has 0 spiro atoms. The van der Waals surface area contributed by atoms with Gasteiger partial charge in [0.25, 0.3) is 0 Å². The Morgan fingerprint density at radius 3 is 2.27 bits per heavy atom. The molecule has 4 heteroatoms. The van der Waals surface area contributed by atoms with E-state index in [-0.39, 0.29) is 30.3 Å². The van der Waals surface area contributed by atoms with Gasteiger partial charge in [-0.2, -0.15) is 0 Å². The molecule has 0 bridgehead atoms. The number of rotatable bonds is 5. The predicted molar refractivity (Wildman–Crippen MR) is 86.2 cm³/mol. The third-order valence-electron chi connectivity index (χ3n) is 3.38. The highest BCUT2D eigenvalue weighted by atomic mass is 16.3. The number of phenols is 1. The van der Waals surface area contributed by atoms with Crippen molar-refractivity contribution >= 4 is 17.4 Å². The number of phenolic OH excluding ortho intramolecular Hbond substituents is 1. The molecule has 0 aliphatic rings. The monoisotopic (exact) mass is 297 g/mol. The van der Waals surface area contributed by atoms with Crippen LogP contribution in [0.25, 0.3) is 0 Å². The van der Waals surface area contributed by atoms with Crippen LogP contribution in [-0.2, 0) is 4.79 Å². The third kappa shape index (κ3) is 4.19. The van der Waals surface area contributed by atoms with Crippen LogP contribution >= 0.6 is 0 Å². The molecule has 0 unspecified atom stereocenters. The lowest BCUT2D eigenvalue weighted by Gasteiger charge is -2.08. The van der Waals surface area contributed by atoms with Crippen molar-refractivity contribution in [3.63, 3.8) is 0 Å². The second kappa shape index (κ2) is 6.89. The zero-order valence-corrected chi connectivity index (χ0v) is 12.7. The largest absolute Gasteiger partial charge is 0.506 e. The standard InChI is InChI=1S/C18H19NO3/c1-12-3-6-14(7-4-12)16(20)9-10-18(22)19-15-11-13(2)5-8-17(15)21/h3-8,11,21H,9-10H2,1-2H3,(H,19,22). The molecular formula is C18H19NO3. The van der Waals surface area contributed by atoms with Crippen LogP contribution in [0.1, 0.15) is 34.3 Å². The first-order valence-corrected chi connectivity index (χ1v) is 7.15. The molecule has 0 aliphatic heterocycles. The molecule has 4 nitrogen and oxygen atoms in total. The molecule has 22 heavy (non-hydrogen) atoms. The number of Topliss-reactive ketones (excluding diaryl/α,β-unsaturated/α-hetero) is 1. The maximum absolute atomic E-state index is 12.0. The Balaban J connectivity index is 1.91. The summed E-state index contributed by atoms with van der Waals surface area (Å²) >= 11 is 0. The van der Waals surface area contributed by atoms with E-state index < -0.39 is 0 Å². The zero-order valence-electron chi connectivity index (χ0n) is 12.7. The highest BCUT2D eigenvalue weighted by molar-refractivity contribution is 6.00. The summed E-state index contributed by atoms with van der Waals surface area (Å²) < 4.78 is 0. The van der Waals surface area contributed by atoms with Crippen LogP contribution in [0.2, 0.25) is 0 Å². The smallest absolute Gasteiger partial charge is 0.224 e. The molecule has 0 aliphatic carbocycles. The molecule has 2 rings (SSSR count). The van der Waals surface area contributed by atoms with Gasteiger partial charge in [0.05, 0.1) is 5.69 Å². The van der Waals surface area contributed by atoms with Crippen LogP contribution in [0, 0.1) is 13.8 Å². The Labute approximate surface area is 129 Å². The fraction of sp³-hybridized carbons (Fsp3) is 0.222. The highest BCUT2D eigenvalue weighted by Crippen LogP contribution is 2.24. The van der Waals surface area contributed by atoms with Gasteiger partial charge in [0.2, 0.25) is 5.91 Å². The lowest BCUT2D eigenvalue weighted by molar-refractivity contribution is -0.116. The van der Waals surface area contributed by atoms with E-state index in [1.807, 2.05) is 26.0 Å². The zero-order chi connectivity index (χ0) is 16.1. The van der Waals surface area contributed by atoms with Gasteiger partial charge in [-0.25, -0.2) is 0 Å². The number of carbonyl (C=O) groups is 2. The average molecular weight is 297 g/mol. The maximum Gasteiger partial charge on any atom is 0.224 e. The molecule has 0 radical (unpaired) electrons. The third-order valence-corrected chi connectivity index (χ3v) is 3.38. The van der Waals surface area contributed by atoms with Crippen molar-refractivity contribution in [3.8, 4) is 5.75 Å². The quantitative estimate of drug-likeness (QED) is 0.654. The maximum atomic E-state index is 12.0. The Kier molecular flexibility index (Phi) is 4.94. The molecule has 114 valence electrons. The molecule has 1 amide bonds. The Hall–Kier alpha value is -2.62. The summed E-state index contributed by atoms with van der Waals surface area (Å²) in [4.78, 5) is 23.9. The first-order chi connectivity index (χ1) is 10.5. The van der Waals surface area contributed by atoms with E-state index in [0.29, 0.717) is 11.3 Å². The van der Waals surface area contributed by atoms with Gasteiger partial charge in [-0.05, 0) is 31.5 Å². The summed E-state index contributed by atoms with van der Waals surface area (Å²) in [5.74, 6) is -0.339. The van der Waals surface area contributed by atoms with Gasteiger partial charge in [0.15, 0.2) is 5.78 Å². The first-order valence-electron chi connectivity index (χ1n) is 7.15. The van der Waals surface area contributed by atoms with E-state index in [9.17, 15) is 14.7 Å². The number of nitrogens with one attached hydrogen (secondary N) is 1. The van der Waals surface area contributed by atoms with Crippen molar-refractivity contribution in [2.45, 2.75) is 26.7 Å². The van der Waals surface area contributed by atoms with Crippen molar-refractivity contribution in [1.29, 1.82) is 0 Å². The number of benzene rings is 2. The van der Waals surface area contributed by atoms with Crippen molar-refractivity contribution in [1.82, 2.24) is 0 Å². The van der Waals surface area contributed by atoms with Gasteiger partial charge in [-0.1, -0.05) is 35.9 Å². The number of anilines is 1. The van der Waals surface area contributed by atoms with E-state index in [0.717, 1.165) is 11.1 Å². The molecule has 0 saturated carbocycles. The number of hydrogen-bond donors (Lipinski definition) is 2. The Bertz CT molecular complexity index is 690. The van der Waals surface area contributed by atoms with Crippen LogP contribution in [0.4, 0.5) is 5.69 Å². The minimum atomic E-state index is -0.290. The van der Waals surface area contributed by atoms with Crippen LogP contribution in [0.15, 0.2) is 42.5 Å². The number of hydrogen-bond acceptors (Lipinski definition) is 3. The Morgan fingerprint density at radius 2 is 1.59 bits per heavy atom. The van der Waals surface area contributed by atoms with Crippen LogP contribution in [-0.4, -0.2) is 16.8 Å². The fourth-order valence-electron chi connectivity index (χ4n) is 2.07.